The molecule has 2 aromatic rings. The molecule has 1 atom stereocenters. The summed E-state index contributed by atoms with van der Waals surface area (Å²) in [6, 6.07) is 13.6. The Morgan fingerprint density at radius 1 is 1.17 bits per heavy atom. The first kappa shape index (κ1) is 17.1. The number of oxime groups is 1. The summed E-state index contributed by atoms with van der Waals surface area (Å²) >= 11 is 11.8. The van der Waals surface area contributed by atoms with Gasteiger partial charge in [-0.3, -0.25) is 0 Å². The standard InChI is InChI=1S/C16H14Cl2N2O3/c1-10(22-14-8-7-12(17)9-13(14)18)16(21)23-20-15(19)11-5-3-2-4-6-11/h2-10H,1H3,(H2,19,20). The molecular weight excluding hydrogens is 339 g/mol. The van der Waals surface area contributed by atoms with E-state index in [1.54, 1.807) is 36.4 Å². The Morgan fingerprint density at radius 2 is 1.87 bits per heavy atom. The molecule has 23 heavy (non-hydrogen) atoms. The number of amidine groups is 1. The van der Waals surface area contributed by atoms with Gasteiger partial charge in [0.2, 0.25) is 0 Å². The van der Waals surface area contributed by atoms with Crippen molar-refractivity contribution < 1.29 is 14.4 Å². The molecule has 0 bridgehead atoms. The minimum Gasteiger partial charge on any atom is -0.477 e. The van der Waals surface area contributed by atoms with Crippen LogP contribution in [0.4, 0.5) is 0 Å². The number of halogens is 2. The van der Waals surface area contributed by atoms with Crippen molar-refractivity contribution in [3.8, 4) is 5.75 Å². The molecule has 0 amide bonds. The number of nitrogens with zero attached hydrogens (tertiary/aromatic N) is 1. The van der Waals surface area contributed by atoms with E-state index >= 15 is 0 Å². The highest BCUT2D eigenvalue weighted by Crippen LogP contribution is 2.28. The van der Waals surface area contributed by atoms with E-state index in [2.05, 4.69) is 5.16 Å². The van der Waals surface area contributed by atoms with Crippen LogP contribution >= 0.6 is 23.2 Å². The van der Waals surface area contributed by atoms with E-state index in [9.17, 15) is 4.79 Å². The highest BCUT2D eigenvalue weighted by Gasteiger charge is 2.18. The van der Waals surface area contributed by atoms with Gasteiger partial charge in [0, 0.05) is 10.6 Å². The molecule has 0 radical (unpaired) electrons. The maximum absolute atomic E-state index is 11.9. The maximum atomic E-state index is 11.9. The van der Waals surface area contributed by atoms with Crippen LogP contribution in [0, 0.1) is 0 Å². The Balaban J connectivity index is 1.97. The fraction of sp³-hybridized carbons (Fsp3) is 0.125. The van der Waals surface area contributed by atoms with Gasteiger partial charge in [-0.15, -0.1) is 0 Å². The molecule has 2 aromatic carbocycles. The minimum atomic E-state index is -0.916. The van der Waals surface area contributed by atoms with Crippen LogP contribution in [0.2, 0.25) is 10.0 Å². The average Bonchev–Trinajstić information content (AvgIpc) is 2.55. The first-order chi connectivity index (χ1) is 11.0. The van der Waals surface area contributed by atoms with Crippen molar-refractivity contribution in [2.45, 2.75) is 13.0 Å². The maximum Gasteiger partial charge on any atom is 0.374 e. The first-order valence-corrected chi connectivity index (χ1v) is 7.44. The van der Waals surface area contributed by atoms with Gasteiger partial charge in [-0.2, -0.15) is 0 Å². The summed E-state index contributed by atoms with van der Waals surface area (Å²) in [5.74, 6) is -0.286. The molecule has 1 unspecified atom stereocenters. The summed E-state index contributed by atoms with van der Waals surface area (Å²) in [6.45, 7) is 1.52. The summed E-state index contributed by atoms with van der Waals surface area (Å²) < 4.78 is 5.42. The fourth-order valence-corrected chi connectivity index (χ4v) is 2.09. The first-order valence-electron chi connectivity index (χ1n) is 6.69. The van der Waals surface area contributed by atoms with Gasteiger partial charge in [0.15, 0.2) is 11.9 Å². The monoisotopic (exact) mass is 352 g/mol. The van der Waals surface area contributed by atoms with Crippen LogP contribution in [0.1, 0.15) is 12.5 Å². The van der Waals surface area contributed by atoms with Crippen molar-refractivity contribution in [3.05, 3.63) is 64.1 Å². The lowest BCUT2D eigenvalue weighted by atomic mass is 10.2. The van der Waals surface area contributed by atoms with E-state index in [1.165, 1.54) is 13.0 Å². The fourth-order valence-electron chi connectivity index (χ4n) is 1.64. The van der Waals surface area contributed by atoms with E-state index < -0.39 is 12.1 Å². The molecule has 120 valence electrons. The smallest absolute Gasteiger partial charge is 0.374 e. The van der Waals surface area contributed by atoms with Gasteiger partial charge in [-0.1, -0.05) is 58.7 Å². The van der Waals surface area contributed by atoms with Gasteiger partial charge in [-0.25, -0.2) is 4.79 Å². The Bertz CT molecular complexity index is 721. The highest BCUT2D eigenvalue weighted by atomic mass is 35.5. The number of ether oxygens (including phenoxy) is 1. The zero-order valence-corrected chi connectivity index (χ0v) is 13.7. The number of carbonyl (C=O) groups is 1. The molecule has 7 heteroatoms. The molecule has 0 aliphatic carbocycles. The molecule has 2 rings (SSSR count). The highest BCUT2D eigenvalue weighted by molar-refractivity contribution is 6.35. The topological polar surface area (TPSA) is 73.9 Å². The Kier molecular flexibility index (Phi) is 5.84. The van der Waals surface area contributed by atoms with E-state index in [1.807, 2.05) is 6.07 Å². The number of hydrogen-bond acceptors (Lipinski definition) is 4. The van der Waals surface area contributed by atoms with E-state index in [0.29, 0.717) is 21.4 Å². The lowest BCUT2D eigenvalue weighted by Crippen LogP contribution is -2.26. The van der Waals surface area contributed by atoms with Crippen molar-refractivity contribution in [1.82, 2.24) is 0 Å². The largest absolute Gasteiger partial charge is 0.477 e. The normalized spacial score (nSPS) is 12.6. The number of nitrogens with two attached hydrogens (primary N) is 1. The minimum absolute atomic E-state index is 0.0932. The zero-order chi connectivity index (χ0) is 16.8. The number of hydrogen-bond donors (Lipinski definition) is 1. The van der Waals surface area contributed by atoms with Crippen LogP contribution in [0.25, 0.3) is 0 Å². The van der Waals surface area contributed by atoms with Crippen LogP contribution in [0.3, 0.4) is 0 Å². The average molecular weight is 353 g/mol. The van der Waals surface area contributed by atoms with Gasteiger partial charge < -0.3 is 15.3 Å². The molecule has 5 nitrogen and oxygen atoms in total. The van der Waals surface area contributed by atoms with Crippen LogP contribution in [0.5, 0.6) is 5.75 Å². The van der Waals surface area contributed by atoms with Gasteiger partial charge in [0.1, 0.15) is 5.75 Å². The molecule has 0 spiro atoms. The summed E-state index contributed by atoms with van der Waals surface area (Å²) in [4.78, 5) is 16.7. The van der Waals surface area contributed by atoms with Crippen LogP contribution < -0.4 is 10.5 Å². The molecule has 0 aliphatic heterocycles. The summed E-state index contributed by atoms with van der Waals surface area (Å²) in [6.07, 6.45) is -0.916. The molecule has 2 N–H and O–H groups in total. The second-order valence-electron chi connectivity index (χ2n) is 4.59. The van der Waals surface area contributed by atoms with Crippen LogP contribution in [-0.2, 0) is 9.63 Å². The second-order valence-corrected chi connectivity index (χ2v) is 5.43. The molecule has 0 aliphatic rings. The molecule has 0 fully saturated rings. The molecule has 0 aromatic heterocycles. The quantitative estimate of drug-likeness (QED) is 0.386. The summed E-state index contributed by atoms with van der Waals surface area (Å²) in [5, 5.41) is 4.37. The van der Waals surface area contributed by atoms with Gasteiger partial charge in [-0.05, 0) is 25.1 Å². The number of rotatable bonds is 5. The molecule has 0 saturated carbocycles. The SMILES string of the molecule is CC(Oc1ccc(Cl)cc1Cl)C(=O)O/N=C(\N)c1ccccc1. The molecular formula is C16H14Cl2N2O3. The zero-order valence-electron chi connectivity index (χ0n) is 12.2. The van der Waals surface area contributed by atoms with Crippen LogP contribution in [-0.4, -0.2) is 17.9 Å². The van der Waals surface area contributed by atoms with E-state index in [0.717, 1.165) is 0 Å². The third-order valence-corrected chi connectivity index (χ3v) is 3.36. The van der Waals surface area contributed by atoms with Crippen molar-refractivity contribution >= 4 is 35.0 Å². The molecule has 0 saturated heterocycles. The lowest BCUT2D eigenvalue weighted by molar-refractivity contribution is -0.151. The lowest BCUT2D eigenvalue weighted by Gasteiger charge is -2.13. The third kappa shape index (κ3) is 4.87. The van der Waals surface area contributed by atoms with Crippen LogP contribution in [0.15, 0.2) is 53.7 Å². The predicted molar refractivity (Wildman–Crippen MR) is 89.8 cm³/mol. The van der Waals surface area contributed by atoms with E-state index in [-0.39, 0.29) is 5.84 Å². The third-order valence-electron chi connectivity index (χ3n) is 2.83. The summed E-state index contributed by atoms with van der Waals surface area (Å²) in [5.41, 5.74) is 6.38. The molecule has 0 heterocycles. The Morgan fingerprint density at radius 3 is 2.52 bits per heavy atom. The summed E-state index contributed by atoms with van der Waals surface area (Å²) in [7, 11) is 0. The Hall–Kier alpha value is -2.24. The van der Waals surface area contributed by atoms with Gasteiger partial charge in [0.25, 0.3) is 0 Å². The van der Waals surface area contributed by atoms with E-state index in [4.69, 9.17) is 38.5 Å². The van der Waals surface area contributed by atoms with Crippen molar-refractivity contribution in [2.24, 2.45) is 10.9 Å². The van der Waals surface area contributed by atoms with Crippen molar-refractivity contribution in [1.29, 1.82) is 0 Å². The van der Waals surface area contributed by atoms with Crippen molar-refractivity contribution in [2.75, 3.05) is 0 Å². The van der Waals surface area contributed by atoms with Gasteiger partial charge >= 0.3 is 5.97 Å². The number of benzene rings is 2. The second kappa shape index (κ2) is 7.85. The Labute approximate surface area is 143 Å². The van der Waals surface area contributed by atoms with Gasteiger partial charge in [0.05, 0.1) is 5.02 Å². The van der Waals surface area contributed by atoms with Crippen molar-refractivity contribution in [3.63, 3.8) is 0 Å². The predicted octanol–water partition coefficient (Wildman–Crippen LogP) is 3.62. The number of carbonyl (C=O) groups excluding carboxylic acids is 1.